The molecule has 1 unspecified atom stereocenters. The Bertz CT molecular complexity index is 1810. The van der Waals surface area contributed by atoms with Crippen LogP contribution in [0.1, 0.15) is 22.4 Å². The van der Waals surface area contributed by atoms with Crippen LogP contribution in [0.5, 0.6) is 0 Å². The number of carbonyl (C=O) groups excluding carboxylic acids is 1. The largest absolute Gasteiger partial charge is 0.323 e. The highest BCUT2D eigenvalue weighted by Crippen LogP contribution is 2.57. The molecule has 3 aliphatic rings. The number of hydrogen-bond donors (Lipinski definition) is 1. The monoisotopic (exact) mass is 508 g/mol. The van der Waals surface area contributed by atoms with Crippen LogP contribution in [0.4, 0.5) is 22.9 Å². The maximum atomic E-state index is 14.4. The van der Waals surface area contributed by atoms with E-state index in [4.69, 9.17) is 10.1 Å². The summed E-state index contributed by atoms with van der Waals surface area (Å²) in [7, 11) is 0. The number of hydrogen-bond acceptors (Lipinski definition) is 5. The maximum Gasteiger partial charge on any atom is 0.260 e. The number of carbonyl (C=O) groups is 1. The SMILES string of the molecule is Cc1nn(-c2ccccc2)c2c1C1(C(=O)Nc3ccccc31)N1C(=N2)N(Cc2ccccc2)c2ccccc21. The molecule has 0 fully saturated rings. The lowest BCUT2D eigenvalue weighted by molar-refractivity contribution is -0.119. The molecule has 8 rings (SSSR count). The van der Waals surface area contributed by atoms with Gasteiger partial charge in [0.1, 0.15) is 0 Å². The Morgan fingerprint density at radius 1 is 0.795 bits per heavy atom. The Morgan fingerprint density at radius 2 is 1.46 bits per heavy atom. The van der Waals surface area contributed by atoms with E-state index < -0.39 is 5.54 Å². The molecule has 1 amide bonds. The van der Waals surface area contributed by atoms with Gasteiger partial charge in [-0.3, -0.25) is 9.69 Å². The fourth-order valence-corrected chi connectivity index (χ4v) is 6.29. The topological polar surface area (TPSA) is 65.8 Å². The average molecular weight is 509 g/mol. The van der Waals surface area contributed by atoms with Gasteiger partial charge < -0.3 is 10.2 Å². The fourth-order valence-electron chi connectivity index (χ4n) is 6.29. The van der Waals surface area contributed by atoms with Gasteiger partial charge >= 0.3 is 0 Å². The van der Waals surface area contributed by atoms with Crippen molar-refractivity contribution in [2.45, 2.75) is 19.0 Å². The van der Waals surface area contributed by atoms with Gasteiger partial charge in [0.15, 0.2) is 11.4 Å². The second-order valence-electron chi connectivity index (χ2n) is 10.0. The first kappa shape index (κ1) is 21.9. The lowest BCUT2D eigenvalue weighted by atomic mass is 9.80. The molecule has 0 aliphatic carbocycles. The van der Waals surface area contributed by atoms with Gasteiger partial charge in [0, 0.05) is 11.3 Å². The second-order valence-corrected chi connectivity index (χ2v) is 10.0. The third-order valence-corrected chi connectivity index (χ3v) is 7.87. The summed E-state index contributed by atoms with van der Waals surface area (Å²) in [5.74, 6) is 1.27. The zero-order valence-electron chi connectivity index (χ0n) is 21.2. The summed E-state index contributed by atoms with van der Waals surface area (Å²) in [6.07, 6.45) is 0. The van der Waals surface area contributed by atoms with Gasteiger partial charge in [-0.05, 0) is 42.8 Å². The van der Waals surface area contributed by atoms with Gasteiger partial charge in [0.05, 0.1) is 34.9 Å². The van der Waals surface area contributed by atoms with Crippen molar-refractivity contribution in [1.82, 2.24) is 9.78 Å². The zero-order chi connectivity index (χ0) is 26.1. The minimum Gasteiger partial charge on any atom is -0.323 e. The quantitative estimate of drug-likeness (QED) is 0.329. The number of aromatic nitrogens is 2. The summed E-state index contributed by atoms with van der Waals surface area (Å²) in [4.78, 5) is 24.1. The molecule has 4 heterocycles. The van der Waals surface area contributed by atoms with Gasteiger partial charge in [-0.15, -0.1) is 0 Å². The van der Waals surface area contributed by atoms with Crippen molar-refractivity contribution in [3.63, 3.8) is 0 Å². The number of nitrogens with one attached hydrogen (secondary N) is 1. The van der Waals surface area contributed by atoms with E-state index in [0.717, 1.165) is 45.1 Å². The summed E-state index contributed by atoms with van der Waals surface area (Å²) in [5, 5.41) is 8.16. The van der Waals surface area contributed by atoms with Crippen molar-refractivity contribution in [2.75, 3.05) is 15.1 Å². The van der Waals surface area contributed by atoms with Crippen molar-refractivity contribution >= 4 is 34.7 Å². The van der Waals surface area contributed by atoms with Gasteiger partial charge in [0.2, 0.25) is 5.96 Å². The number of nitrogens with zero attached hydrogens (tertiary/aromatic N) is 5. The molecular weight excluding hydrogens is 484 g/mol. The molecule has 39 heavy (non-hydrogen) atoms. The maximum absolute atomic E-state index is 14.4. The molecule has 7 nitrogen and oxygen atoms in total. The van der Waals surface area contributed by atoms with E-state index in [2.05, 4.69) is 39.4 Å². The van der Waals surface area contributed by atoms with Crippen molar-refractivity contribution in [1.29, 1.82) is 0 Å². The molecule has 0 radical (unpaired) electrons. The summed E-state index contributed by atoms with van der Waals surface area (Å²) in [5.41, 5.74) is 6.11. The number of guanidine groups is 1. The molecule has 1 N–H and O–H groups in total. The zero-order valence-corrected chi connectivity index (χ0v) is 21.2. The van der Waals surface area contributed by atoms with Crippen LogP contribution >= 0.6 is 0 Å². The van der Waals surface area contributed by atoms with E-state index >= 15 is 0 Å². The first-order valence-electron chi connectivity index (χ1n) is 13.0. The van der Waals surface area contributed by atoms with Crippen LogP contribution in [0.3, 0.4) is 0 Å². The minimum absolute atomic E-state index is 0.107. The Morgan fingerprint density at radius 3 is 2.26 bits per heavy atom. The standard InChI is InChI=1S/C32H24N6O/c1-21-28-29(38(35-21)23-14-6-3-7-15-23)34-31-36(20-22-12-4-2-5-13-22)26-18-10-11-19-27(26)37(31)32(28)24-16-8-9-17-25(24)33-30(32)39/h2-19H,20H2,1H3,(H,33,39). The second kappa shape index (κ2) is 7.91. The highest BCUT2D eigenvalue weighted by Gasteiger charge is 2.62. The van der Waals surface area contributed by atoms with E-state index in [1.807, 2.05) is 96.5 Å². The van der Waals surface area contributed by atoms with Crippen LogP contribution in [0.15, 0.2) is 114 Å². The molecule has 1 spiro atoms. The highest BCUT2D eigenvalue weighted by atomic mass is 16.2. The van der Waals surface area contributed by atoms with Gasteiger partial charge in [-0.1, -0.05) is 78.9 Å². The number of para-hydroxylation sites is 4. The number of fused-ring (bicyclic) bond motifs is 8. The summed E-state index contributed by atoms with van der Waals surface area (Å²) >= 11 is 0. The first-order valence-corrected chi connectivity index (χ1v) is 13.0. The van der Waals surface area contributed by atoms with Gasteiger partial charge in [0.25, 0.3) is 5.91 Å². The molecule has 1 aromatic heterocycles. The number of benzene rings is 4. The molecular formula is C32H24N6O. The average Bonchev–Trinajstić information content (AvgIpc) is 3.58. The highest BCUT2D eigenvalue weighted by molar-refractivity contribution is 6.26. The van der Waals surface area contributed by atoms with Crippen molar-refractivity contribution in [3.8, 4) is 5.69 Å². The molecule has 4 aromatic carbocycles. The van der Waals surface area contributed by atoms with E-state index in [0.29, 0.717) is 18.3 Å². The van der Waals surface area contributed by atoms with Crippen molar-refractivity contribution in [2.24, 2.45) is 4.99 Å². The number of aryl methyl sites for hydroxylation is 1. The van der Waals surface area contributed by atoms with Gasteiger partial charge in [-0.2, -0.15) is 10.1 Å². The normalized spacial score (nSPS) is 18.4. The molecule has 0 saturated heterocycles. The predicted molar refractivity (Wildman–Crippen MR) is 153 cm³/mol. The Kier molecular flexibility index (Phi) is 4.44. The van der Waals surface area contributed by atoms with E-state index in [9.17, 15) is 4.79 Å². The Balaban J connectivity index is 1.47. The Labute approximate surface area is 225 Å². The molecule has 7 heteroatoms. The number of aliphatic imine (C=N–C) groups is 1. The van der Waals surface area contributed by atoms with Crippen LogP contribution in [-0.4, -0.2) is 21.6 Å². The molecule has 188 valence electrons. The number of anilines is 3. The smallest absolute Gasteiger partial charge is 0.260 e. The summed E-state index contributed by atoms with van der Waals surface area (Å²) in [6, 6.07) is 36.5. The molecule has 5 aromatic rings. The van der Waals surface area contributed by atoms with E-state index in [1.54, 1.807) is 0 Å². The molecule has 1 atom stereocenters. The molecule has 0 bridgehead atoms. The minimum atomic E-state index is -1.17. The van der Waals surface area contributed by atoms with Crippen molar-refractivity contribution < 1.29 is 4.79 Å². The van der Waals surface area contributed by atoms with Crippen LogP contribution < -0.4 is 15.1 Å². The number of rotatable bonds is 3. The van der Waals surface area contributed by atoms with Crippen LogP contribution in [0.25, 0.3) is 5.69 Å². The van der Waals surface area contributed by atoms with E-state index in [-0.39, 0.29) is 5.91 Å². The summed E-state index contributed by atoms with van der Waals surface area (Å²) < 4.78 is 1.87. The summed E-state index contributed by atoms with van der Waals surface area (Å²) in [6.45, 7) is 2.58. The molecule has 3 aliphatic heterocycles. The third kappa shape index (κ3) is 2.84. The Hall–Kier alpha value is -5.17. The van der Waals surface area contributed by atoms with Crippen molar-refractivity contribution in [3.05, 3.63) is 132 Å². The third-order valence-electron chi connectivity index (χ3n) is 7.87. The first-order chi connectivity index (χ1) is 19.2. The fraction of sp³-hybridized carbons (Fsp3) is 0.0938. The predicted octanol–water partition coefficient (Wildman–Crippen LogP) is 5.90. The van der Waals surface area contributed by atoms with E-state index in [1.165, 1.54) is 0 Å². The van der Waals surface area contributed by atoms with Crippen LogP contribution in [-0.2, 0) is 16.9 Å². The lowest BCUT2D eigenvalue weighted by Gasteiger charge is -2.41. The van der Waals surface area contributed by atoms with Gasteiger partial charge in [-0.25, -0.2) is 4.68 Å². The number of amides is 1. The molecule has 0 saturated carbocycles. The van der Waals surface area contributed by atoms with Crippen LogP contribution in [0.2, 0.25) is 0 Å². The van der Waals surface area contributed by atoms with Crippen LogP contribution in [0, 0.1) is 6.92 Å². The lowest BCUT2D eigenvalue weighted by Crippen LogP contribution is -2.58.